The van der Waals surface area contributed by atoms with Crippen molar-refractivity contribution >= 4 is 23.4 Å². The van der Waals surface area contributed by atoms with Gasteiger partial charge in [-0.05, 0) is 54.4 Å². The molecule has 3 aromatic carbocycles. The van der Waals surface area contributed by atoms with Crippen LogP contribution in [0.5, 0.6) is 0 Å². The van der Waals surface area contributed by atoms with Crippen LogP contribution >= 0.6 is 23.4 Å². The molecular weight excluding hydrogens is 374 g/mol. The van der Waals surface area contributed by atoms with Crippen LogP contribution < -0.4 is 0 Å². The number of nitrogens with zero attached hydrogens (tertiary/aromatic N) is 3. The van der Waals surface area contributed by atoms with Crippen LogP contribution in [0.1, 0.15) is 11.1 Å². The van der Waals surface area contributed by atoms with Gasteiger partial charge in [-0.3, -0.25) is 4.57 Å². The Morgan fingerprint density at radius 3 is 2.41 bits per heavy atom. The second kappa shape index (κ2) is 7.99. The van der Waals surface area contributed by atoms with Crippen LogP contribution in [0.15, 0.2) is 84.0 Å². The number of thioether (sulfide) groups is 1. The van der Waals surface area contributed by atoms with Gasteiger partial charge in [0, 0.05) is 22.0 Å². The summed E-state index contributed by atoms with van der Waals surface area (Å²) in [5.74, 6) is 1.65. The molecule has 0 unspecified atom stereocenters. The van der Waals surface area contributed by atoms with Gasteiger partial charge in [0.1, 0.15) is 0 Å². The van der Waals surface area contributed by atoms with Crippen molar-refractivity contribution in [2.24, 2.45) is 0 Å². The molecule has 0 N–H and O–H groups in total. The third-order valence-corrected chi connectivity index (χ3v) is 5.46. The number of hydrogen-bond acceptors (Lipinski definition) is 3. The molecule has 27 heavy (non-hydrogen) atoms. The van der Waals surface area contributed by atoms with E-state index in [-0.39, 0.29) is 0 Å². The number of aromatic nitrogens is 3. The molecule has 0 saturated carbocycles. The van der Waals surface area contributed by atoms with Gasteiger partial charge in [-0.15, -0.1) is 10.2 Å². The molecule has 4 rings (SSSR count). The van der Waals surface area contributed by atoms with E-state index in [1.54, 1.807) is 11.8 Å². The summed E-state index contributed by atoms with van der Waals surface area (Å²) in [6.45, 7) is 2.09. The Bertz CT molecular complexity index is 1040. The molecule has 0 spiro atoms. The zero-order valence-electron chi connectivity index (χ0n) is 14.8. The molecule has 1 aromatic heterocycles. The molecule has 0 aliphatic carbocycles. The lowest BCUT2D eigenvalue weighted by Crippen LogP contribution is -2.00. The summed E-state index contributed by atoms with van der Waals surface area (Å²) < 4.78 is 2.11. The highest BCUT2D eigenvalue weighted by Crippen LogP contribution is 2.30. The van der Waals surface area contributed by atoms with Crippen LogP contribution in [0.4, 0.5) is 0 Å². The van der Waals surface area contributed by atoms with Gasteiger partial charge in [-0.25, -0.2) is 0 Å². The molecule has 0 radical (unpaired) electrons. The monoisotopic (exact) mass is 391 g/mol. The summed E-state index contributed by atoms with van der Waals surface area (Å²) in [5, 5.41) is 10.5. The maximum absolute atomic E-state index is 6.05. The lowest BCUT2D eigenvalue weighted by molar-refractivity contribution is 0.885. The van der Waals surface area contributed by atoms with Crippen molar-refractivity contribution in [3.8, 4) is 17.1 Å². The highest BCUT2D eigenvalue weighted by molar-refractivity contribution is 7.98. The lowest BCUT2D eigenvalue weighted by Gasteiger charge is -2.11. The molecule has 5 heteroatoms. The Kier molecular flexibility index (Phi) is 5.28. The predicted octanol–water partition coefficient (Wildman–Crippen LogP) is 6.19. The summed E-state index contributed by atoms with van der Waals surface area (Å²) in [5.41, 5.74) is 4.50. The van der Waals surface area contributed by atoms with E-state index < -0.39 is 0 Å². The molecule has 3 nitrogen and oxygen atoms in total. The molecule has 134 valence electrons. The van der Waals surface area contributed by atoms with Crippen LogP contribution in [-0.2, 0) is 5.75 Å². The Labute approximate surface area is 168 Å². The first-order chi connectivity index (χ1) is 13.2. The number of halogens is 1. The van der Waals surface area contributed by atoms with Gasteiger partial charge in [0.25, 0.3) is 0 Å². The SMILES string of the molecule is Cc1cccc(-n2c(SCc3ccccc3)nnc2-c2ccc(Cl)cc2)c1. The van der Waals surface area contributed by atoms with Crippen molar-refractivity contribution in [3.63, 3.8) is 0 Å². The van der Waals surface area contributed by atoms with Gasteiger partial charge in [-0.2, -0.15) is 0 Å². The van der Waals surface area contributed by atoms with Crippen LogP contribution in [0.2, 0.25) is 5.02 Å². The minimum absolute atomic E-state index is 0.707. The maximum atomic E-state index is 6.05. The van der Waals surface area contributed by atoms with Gasteiger partial charge in [0.05, 0.1) is 0 Å². The second-order valence-corrected chi connectivity index (χ2v) is 7.64. The van der Waals surface area contributed by atoms with E-state index in [0.717, 1.165) is 28.0 Å². The third kappa shape index (κ3) is 4.07. The number of hydrogen-bond donors (Lipinski definition) is 0. The normalized spacial score (nSPS) is 10.9. The van der Waals surface area contributed by atoms with E-state index in [4.69, 9.17) is 11.6 Å². The van der Waals surface area contributed by atoms with Crippen molar-refractivity contribution in [1.29, 1.82) is 0 Å². The first kappa shape index (κ1) is 17.8. The Morgan fingerprint density at radius 2 is 1.67 bits per heavy atom. The molecule has 0 saturated heterocycles. The maximum Gasteiger partial charge on any atom is 0.196 e. The predicted molar refractivity (Wildman–Crippen MR) is 113 cm³/mol. The van der Waals surface area contributed by atoms with Gasteiger partial charge >= 0.3 is 0 Å². The van der Waals surface area contributed by atoms with Gasteiger partial charge in [0.2, 0.25) is 0 Å². The fourth-order valence-corrected chi connectivity index (χ4v) is 3.91. The van der Waals surface area contributed by atoms with Crippen LogP contribution in [0, 0.1) is 6.92 Å². The summed E-state index contributed by atoms with van der Waals surface area (Å²) in [4.78, 5) is 0. The van der Waals surface area contributed by atoms with Crippen molar-refractivity contribution in [2.75, 3.05) is 0 Å². The molecule has 0 fully saturated rings. The smallest absolute Gasteiger partial charge is 0.196 e. The van der Waals surface area contributed by atoms with Gasteiger partial charge in [0.15, 0.2) is 11.0 Å². The average molecular weight is 392 g/mol. The van der Waals surface area contributed by atoms with Crippen molar-refractivity contribution in [2.45, 2.75) is 17.8 Å². The van der Waals surface area contributed by atoms with Crippen molar-refractivity contribution < 1.29 is 0 Å². The fourth-order valence-electron chi connectivity index (χ4n) is 2.87. The Hall–Kier alpha value is -2.56. The zero-order valence-corrected chi connectivity index (χ0v) is 16.4. The number of benzene rings is 3. The quantitative estimate of drug-likeness (QED) is 0.380. The van der Waals surface area contributed by atoms with E-state index >= 15 is 0 Å². The topological polar surface area (TPSA) is 30.7 Å². The minimum atomic E-state index is 0.707. The lowest BCUT2D eigenvalue weighted by atomic mass is 10.2. The molecule has 1 heterocycles. The van der Waals surface area contributed by atoms with E-state index in [1.165, 1.54) is 11.1 Å². The molecule has 0 atom stereocenters. The summed E-state index contributed by atoms with van der Waals surface area (Å²) in [6, 6.07) is 26.5. The van der Waals surface area contributed by atoms with Crippen molar-refractivity contribution in [1.82, 2.24) is 14.8 Å². The van der Waals surface area contributed by atoms with E-state index in [2.05, 4.69) is 70.2 Å². The minimum Gasteiger partial charge on any atom is -0.270 e. The molecular formula is C22H18ClN3S. The van der Waals surface area contributed by atoms with Crippen LogP contribution in [-0.4, -0.2) is 14.8 Å². The van der Waals surface area contributed by atoms with Gasteiger partial charge in [-0.1, -0.05) is 65.8 Å². The summed E-state index contributed by atoms with van der Waals surface area (Å²) >= 11 is 7.74. The second-order valence-electron chi connectivity index (χ2n) is 6.26. The third-order valence-electron chi connectivity index (χ3n) is 4.21. The first-order valence-electron chi connectivity index (χ1n) is 8.66. The van der Waals surface area contributed by atoms with E-state index in [1.807, 2.05) is 30.3 Å². The molecule has 4 aromatic rings. The van der Waals surface area contributed by atoms with Crippen LogP contribution in [0.3, 0.4) is 0 Å². The largest absolute Gasteiger partial charge is 0.270 e. The highest BCUT2D eigenvalue weighted by Gasteiger charge is 2.16. The Balaban J connectivity index is 1.76. The van der Waals surface area contributed by atoms with E-state index in [0.29, 0.717) is 5.02 Å². The highest BCUT2D eigenvalue weighted by atomic mass is 35.5. The Morgan fingerprint density at radius 1 is 0.889 bits per heavy atom. The van der Waals surface area contributed by atoms with Crippen LogP contribution in [0.25, 0.3) is 17.1 Å². The average Bonchev–Trinajstić information content (AvgIpc) is 3.12. The summed E-state index contributed by atoms with van der Waals surface area (Å²) in [7, 11) is 0. The fraction of sp³-hybridized carbons (Fsp3) is 0.0909. The summed E-state index contributed by atoms with van der Waals surface area (Å²) in [6.07, 6.45) is 0. The zero-order chi connectivity index (χ0) is 18.6. The molecule has 0 aliphatic heterocycles. The van der Waals surface area contributed by atoms with Crippen molar-refractivity contribution in [3.05, 3.63) is 95.0 Å². The first-order valence-corrected chi connectivity index (χ1v) is 10.0. The molecule has 0 amide bonds. The van der Waals surface area contributed by atoms with Gasteiger partial charge < -0.3 is 0 Å². The number of aryl methyl sites for hydroxylation is 1. The van der Waals surface area contributed by atoms with E-state index in [9.17, 15) is 0 Å². The molecule has 0 bridgehead atoms. The standard InChI is InChI=1S/C22H18ClN3S/c1-16-6-5-9-20(14-16)26-21(18-10-12-19(23)13-11-18)24-25-22(26)27-15-17-7-3-2-4-8-17/h2-14H,15H2,1H3. The number of rotatable bonds is 5. The molecule has 0 aliphatic rings.